The minimum absolute atomic E-state index is 0.444. The summed E-state index contributed by atoms with van der Waals surface area (Å²) in [6.07, 6.45) is 2.86. The van der Waals surface area contributed by atoms with E-state index in [9.17, 15) is 9.59 Å². The molecule has 1 heterocycles. The summed E-state index contributed by atoms with van der Waals surface area (Å²) < 4.78 is 0. The molecule has 5 nitrogen and oxygen atoms in total. The molecule has 1 amide bonds. The van der Waals surface area contributed by atoms with Crippen LogP contribution in [0.4, 0.5) is 5.13 Å². The number of hydrogen-bond donors (Lipinski definition) is 2. The standard InChI is InChI=1S/C7H6N2O3S/c10-4-8-7-9-5(3-13-7)1-2-6(11)12/h1-4H,(H,11,12)(H,8,9,10)/b2-1-. The maximum atomic E-state index is 10.1. The van der Waals surface area contributed by atoms with Crippen molar-refractivity contribution in [3.8, 4) is 0 Å². The first-order valence-electron chi connectivity index (χ1n) is 3.29. The first-order chi connectivity index (χ1) is 6.22. The number of aliphatic carboxylic acids is 1. The lowest BCUT2D eigenvalue weighted by atomic mass is 10.4. The zero-order chi connectivity index (χ0) is 9.68. The molecule has 68 valence electrons. The quantitative estimate of drug-likeness (QED) is 0.554. The van der Waals surface area contributed by atoms with Gasteiger partial charge in [0.25, 0.3) is 0 Å². The number of carbonyl (C=O) groups is 2. The summed E-state index contributed by atoms with van der Waals surface area (Å²) >= 11 is 1.23. The molecule has 6 heteroatoms. The van der Waals surface area contributed by atoms with E-state index in [1.807, 2.05) is 0 Å². The number of amides is 1. The summed E-state index contributed by atoms with van der Waals surface area (Å²) in [6, 6.07) is 0. The Morgan fingerprint density at radius 1 is 1.69 bits per heavy atom. The summed E-state index contributed by atoms with van der Waals surface area (Å²) in [5.41, 5.74) is 0.511. The SMILES string of the molecule is O=CNc1nc(/C=C\C(=O)O)cs1. The van der Waals surface area contributed by atoms with Crippen molar-refractivity contribution in [1.29, 1.82) is 0 Å². The fraction of sp³-hybridized carbons (Fsp3) is 0. The van der Waals surface area contributed by atoms with Gasteiger partial charge >= 0.3 is 5.97 Å². The van der Waals surface area contributed by atoms with Crippen LogP contribution in [0.2, 0.25) is 0 Å². The van der Waals surface area contributed by atoms with E-state index in [1.54, 1.807) is 5.38 Å². The van der Waals surface area contributed by atoms with E-state index in [2.05, 4.69) is 10.3 Å². The Labute approximate surface area is 77.7 Å². The second-order valence-corrected chi connectivity index (χ2v) is 2.87. The fourth-order valence-corrected chi connectivity index (χ4v) is 1.27. The number of anilines is 1. The second kappa shape index (κ2) is 4.36. The first kappa shape index (κ1) is 9.40. The lowest BCUT2D eigenvalue weighted by molar-refractivity contribution is -0.131. The third-order valence-corrected chi connectivity index (χ3v) is 1.89. The van der Waals surface area contributed by atoms with Crippen molar-refractivity contribution in [2.75, 3.05) is 5.32 Å². The topological polar surface area (TPSA) is 79.3 Å². The molecular formula is C7H6N2O3S. The summed E-state index contributed by atoms with van der Waals surface area (Å²) in [5.74, 6) is -1.03. The Bertz CT molecular complexity index is 345. The van der Waals surface area contributed by atoms with Gasteiger partial charge in [-0.15, -0.1) is 11.3 Å². The van der Waals surface area contributed by atoms with Crippen LogP contribution in [0.3, 0.4) is 0 Å². The lowest BCUT2D eigenvalue weighted by Crippen LogP contribution is -1.92. The van der Waals surface area contributed by atoms with Crippen LogP contribution in [0.1, 0.15) is 5.69 Å². The van der Waals surface area contributed by atoms with E-state index in [0.29, 0.717) is 17.2 Å². The summed E-state index contributed by atoms with van der Waals surface area (Å²) in [6.45, 7) is 0. The largest absolute Gasteiger partial charge is 0.478 e. The number of nitrogens with one attached hydrogen (secondary N) is 1. The number of aromatic nitrogens is 1. The summed E-state index contributed by atoms with van der Waals surface area (Å²) in [7, 11) is 0. The van der Waals surface area contributed by atoms with Crippen molar-refractivity contribution >= 4 is 34.9 Å². The van der Waals surface area contributed by atoms with Crippen molar-refractivity contribution in [2.45, 2.75) is 0 Å². The molecule has 2 N–H and O–H groups in total. The van der Waals surface area contributed by atoms with Gasteiger partial charge in [-0.05, 0) is 6.08 Å². The van der Waals surface area contributed by atoms with Crippen molar-refractivity contribution < 1.29 is 14.7 Å². The predicted octanol–water partition coefficient (Wildman–Crippen LogP) is 0.809. The number of carboxylic acid groups (broad SMARTS) is 1. The first-order valence-corrected chi connectivity index (χ1v) is 4.17. The van der Waals surface area contributed by atoms with Crippen LogP contribution >= 0.6 is 11.3 Å². The molecule has 0 aliphatic rings. The third-order valence-electron chi connectivity index (χ3n) is 1.10. The molecule has 1 rings (SSSR count). The van der Waals surface area contributed by atoms with Crippen LogP contribution in [-0.2, 0) is 9.59 Å². The van der Waals surface area contributed by atoms with Crippen LogP contribution < -0.4 is 5.32 Å². The smallest absolute Gasteiger partial charge is 0.328 e. The number of thiazole rings is 1. The maximum Gasteiger partial charge on any atom is 0.328 e. The van der Waals surface area contributed by atoms with Gasteiger partial charge in [-0.2, -0.15) is 0 Å². The van der Waals surface area contributed by atoms with Crippen molar-refractivity contribution in [2.24, 2.45) is 0 Å². The average Bonchev–Trinajstić information content (AvgIpc) is 2.50. The maximum absolute atomic E-state index is 10.1. The van der Waals surface area contributed by atoms with Gasteiger partial charge < -0.3 is 10.4 Å². The highest BCUT2D eigenvalue weighted by Gasteiger charge is 1.97. The molecule has 0 aliphatic carbocycles. The number of nitrogens with zero attached hydrogens (tertiary/aromatic N) is 1. The average molecular weight is 198 g/mol. The highest BCUT2D eigenvalue weighted by atomic mass is 32.1. The minimum Gasteiger partial charge on any atom is -0.478 e. The minimum atomic E-state index is -1.03. The van der Waals surface area contributed by atoms with E-state index in [-0.39, 0.29) is 0 Å². The van der Waals surface area contributed by atoms with E-state index >= 15 is 0 Å². The lowest BCUT2D eigenvalue weighted by Gasteiger charge is -1.85. The molecule has 0 spiro atoms. The Kier molecular flexibility index (Phi) is 3.15. The summed E-state index contributed by atoms with van der Waals surface area (Å²) in [4.78, 5) is 24.0. The molecule has 0 fully saturated rings. The van der Waals surface area contributed by atoms with Gasteiger partial charge in [-0.1, -0.05) is 0 Å². The number of rotatable bonds is 4. The van der Waals surface area contributed by atoms with Gasteiger partial charge in [0.1, 0.15) is 0 Å². The van der Waals surface area contributed by atoms with Crippen LogP contribution in [0.5, 0.6) is 0 Å². The van der Waals surface area contributed by atoms with Crippen LogP contribution in [-0.4, -0.2) is 22.5 Å². The molecule has 0 bridgehead atoms. The highest BCUT2D eigenvalue weighted by Crippen LogP contribution is 2.15. The van der Waals surface area contributed by atoms with Gasteiger partial charge in [0.15, 0.2) is 5.13 Å². The van der Waals surface area contributed by atoms with E-state index in [4.69, 9.17) is 5.11 Å². The van der Waals surface area contributed by atoms with Crippen LogP contribution in [0.15, 0.2) is 11.5 Å². The zero-order valence-electron chi connectivity index (χ0n) is 6.43. The Hall–Kier alpha value is -1.69. The number of carboxylic acids is 1. The second-order valence-electron chi connectivity index (χ2n) is 2.01. The Morgan fingerprint density at radius 2 is 2.46 bits per heavy atom. The van der Waals surface area contributed by atoms with Gasteiger partial charge in [0, 0.05) is 11.5 Å². The molecule has 1 aromatic heterocycles. The normalized spacial score (nSPS) is 10.2. The van der Waals surface area contributed by atoms with Crippen molar-refractivity contribution in [3.63, 3.8) is 0 Å². The fourth-order valence-electron chi connectivity index (χ4n) is 0.636. The van der Waals surface area contributed by atoms with Gasteiger partial charge in [0.05, 0.1) is 5.69 Å². The zero-order valence-corrected chi connectivity index (χ0v) is 7.25. The van der Waals surface area contributed by atoms with Gasteiger partial charge in [-0.3, -0.25) is 4.79 Å². The monoisotopic (exact) mass is 198 g/mol. The van der Waals surface area contributed by atoms with E-state index in [0.717, 1.165) is 6.08 Å². The predicted molar refractivity (Wildman–Crippen MR) is 48.5 cm³/mol. The molecule has 0 aliphatic heterocycles. The summed E-state index contributed by atoms with van der Waals surface area (Å²) in [5, 5.41) is 12.8. The van der Waals surface area contributed by atoms with Crippen molar-refractivity contribution in [1.82, 2.24) is 4.98 Å². The number of hydrogen-bond acceptors (Lipinski definition) is 4. The Morgan fingerprint density at radius 3 is 3.08 bits per heavy atom. The molecule has 1 aromatic rings. The molecule has 0 aromatic carbocycles. The van der Waals surface area contributed by atoms with Crippen LogP contribution in [0, 0.1) is 0 Å². The van der Waals surface area contributed by atoms with Crippen molar-refractivity contribution in [3.05, 3.63) is 17.2 Å². The number of carbonyl (C=O) groups excluding carboxylic acids is 1. The molecule has 0 radical (unpaired) electrons. The molecular weight excluding hydrogens is 192 g/mol. The highest BCUT2D eigenvalue weighted by molar-refractivity contribution is 7.14. The van der Waals surface area contributed by atoms with Crippen LogP contribution in [0.25, 0.3) is 6.08 Å². The molecule has 0 unspecified atom stereocenters. The molecule has 0 saturated carbocycles. The molecule has 0 saturated heterocycles. The van der Waals surface area contributed by atoms with E-state index in [1.165, 1.54) is 17.4 Å². The van der Waals surface area contributed by atoms with Gasteiger partial charge in [0.2, 0.25) is 6.41 Å². The third kappa shape index (κ3) is 3.04. The molecule has 13 heavy (non-hydrogen) atoms. The Balaban J connectivity index is 2.68. The van der Waals surface area contributed by atoms with E-state index < -0.39 is 5.97 Å². The molecule has 0 atom stereocenters. The van der Waals surface area contributed by atoms with Gasteiger partial charge in [-0.25, -0.2) is 9.78 Å².